The Bertz CT molecular complexity index is 245. The van der Waals surface area contributed by atoms with Crippen LogP contribution in [-0.4, -0.2) is 11.1 Å². The molecule has 1 N–H and O–H groups in total. The van der Waals surface area contributed by atoms with E-state index in [9.17, 15) is 4.79 Å². The van der Waals surface area contributed by atoms with Gasteiger partial charge in [0.05, 0.1) is 0 Å². The number of carboxylic acid groups (broad SMARTS) is 1. The van der Waals surface area contributed by atoms with E-state index < -0.39 is 5.97 Å². The average molecular weight is 194 g/mol. The minimum Gasteiger partial charge on any atom is -0.481 e. The molecular formula is C12H18O2. The first-order valence-electron chi connectivity index (χ1n) is 5.66. The van der Waals surface area contributed by atoms with Crippen LogP contribution in [0.1, 0.15) is 38.5 Å². The van der Waals surface area contributed by atoms with Crippen LogP contribution in [0.5, 0.6) is 0 Å². The molecule has 14 heavy (non-hydrogen) atoms. The molecule has 2 aliphatic carbocycles. The van der Waals surface area contributed by atoms with Gasteiger partial charge in [0.2, 0.25) is 0 Å². The maximum Gasteiger partial charge on any atom is 0.303 e. The lowest BCUT2D eigenvalue weighted by Gasteiger charge is -2.17. The molecule has 2 rings (SSSR count). The van der Waals surface area contributed by atoms with Gasteiger partial charge in [0.15, 0.2) is 0 Å². The fourth-order valence-corrected chi connectivity index (χ4v) is 2.91. The second-order valence-corrected chi connectivity index (χ2v) is 4.68. The normalized spacial score (nSPS) is 33.9. The first kappa shape index (κ1) is 9.75. The fourth-order valence-electron chi connectivity index (χ4n) is 2.91. The zero-order chi connectivity index (χ0) is 9.97. The summed E-state index contributed by atoms with van der Waals surface area (Å²) in [4.78, 5) is 10.3. The average Bonchev–Trinajstić information content (AvgIpc) is 2.73. The zero-order valence-corrected chi connectivity index (χ0v) is 8.48. The van der Waals surface area contributed by atoms with Crippen molar-refractivity contribution < 1.29 is 9.90 Å². The number of aliphatic carboxylic acids is 1. The Hall–Kier alpha value is -0.790. The summed E-state index contributed by atoms with van der Waals surface area (Å²) in [6.07, 6.45) is 11.0. The van der Waals surface area contributed by atoms with Gasteiger partial charge < -0.3 is 5.11 Å². The van der Waals surface area contributed by atoms with Crippen LogP contribution in [0, 0.1) is 17.8 Å². The van der Waals surface area contributed by atoms with Crippen LogP contribution in [-0.2, 0) is 4.79 Å². The van der Waals surface area contributed by atoms with E-state index >= 15 is 0 Å². The van der Waals surface area contributed by atoms with Crippen LogP contribution in [0.3, 0.4) is 0 Å². The van der Waals surface area contributed by atoms with Gasteiger partial charge in [-0.15, -0.1) is 0 Å². The van der Waals surface area contributed by atoms with E-state index in [0.717, 1.165) is 30.6 Å². The van der Waals surface area contributed by atoms with Crippen LogP contribution >= 0.6 is 0 Å². The van der Waals surface area contributed by atoms with Crippen molar-refractivity contribution in [3.8, 4) is 0 Å². The Kier molecular flexibility index (Phi) is 2.90. The van der Waals surface area contributed by atoms with Crippen LogP contribution in [0.4, 0.5) is 0 Å². The van der Waals surface area contributed by atoms with Crippen molar-refractivity contribution in [3.05, 3.63) is 12.2 Å². The van der Waals surface area contributed by atoms with Crippen molar-refractivity contribution in [2.75, 3.05) is 0 Å². The molecule has 0 saturated heterocycles. The second-order valence-electron chi connectivity index (χ2n) is 4.68. The minimum absolute atomic E-state index is 0.344. The number of rotatable bonds is 5. The summed E-state index contributed by atoms with van der Waals surface area (Å²) in [6.45, 7) is 0. The molecule has 1 unspecified atom stereocenters. The van der Waals surface area contributed by atoms with Crippen LogP contribution < -0.4 is 0 Å². The Morgan fingerprint density at radius 1 is 1.29 bits per heavy atom. The van der Waals surface area contributed by atoms with E-state index in [1.54, 1.807) is 0 Å². The molecule has 1 fully saturated rings. The molecule has 0 spiro atoms. The summed E-state index contributed by atoms with van der Waals surface area (Å²) in [5.41, 5.74) is 0. The van der Waals surface area contributed by atoms with Crippen molar-refractivity contribution in [2.24, 2.45) is 17.8 Å². The summed E-state index contributed by atoms with van der Waals surface area (Å²) < 4.78 is 0. The molecule has 0 aliphatic heterocycles. The van der Waals surface area contributed by atoms with Crippen molar-refractivity contribution in [1.29, 1.82) is 0 Å². The van der Waals surface area contributed by atoms with Gasteiger partial charge in [0, 0.05) is 6.42 Å². The van der Waals surface area contributed by atoms with E-state index in [-0.39, 0.29) is 0 Å². The first-order chi connectivity index (χ1) is 6.75. The number of carboxylic acids is 1. The van der Waals surface area contributed by atoms with Crippen molar-refractivity contribution in [3.63, 3.8) is 0 Å². The second kappa shape index (κ2) is 4.16. The molecule has 0 aromatic heterocycles. The number of allylic oxidation sites excluding steroid dienone is 2. The Labute approximate surface area is 85.0 Å². The highest BCUT2D eigenvalue weighted by atomic mass is 16.4. The summed E-state index contributed by atoms with van der Waals surface area (Å²) in [7, 11) is 0. The smallest absolute Gasteiger partial charge is 0.303 e. The number of fused-ring (bicyclic) bond motifs is 2. The summed E-state index contributed by atoms with van der Waals surface area (Å²) >= 11 is 0. The summed E-state index contributed by atoms with van der Waals surface area (Å²) in [6, 6.07) is 0. The maximum atomic E-state index is 10.3. The lowest BCUT2D eigenvalue weighted by Crippen LogP contribution is -2.06. The fraction of sp³-hybridized carbons (Fsp3) is 0.750. The van der Waals surface area contributed by atoms with Gasteiger partial charge in [-0.2, -0.15) is 0 Å². The minimum atomic E-state index is -0.655. The molecule has 78 valence electrons. The highest BCUT2D eigenvalue weighted by molar-refractivity contribution is 5.66. The van der Waals surface area contributed by atoms with E-state index in [4.69, 9.17) is 5.11 Å². The molecule has 2 bridgehead atoms. The highest BCUT2D eigenvalue weighted by Gasteiger charge is 2.34. The molecule has 2 heteroatoms. The van der Waals surface area contributed by atoms with E-state index in [1.807, 2.05) is 0 Å². The van der Waals surface area contributed by atoms with Gasteiger partial charge in [0.1, 0.15) is 0 Å². The summed E-state index contributed by atoms with van der Waals surface area (Å²) in [5, 5.41) is 8.50. The third-order valence-electron chi connectivity index (χ3n) is 3.63. The molecule has 0 heterocycles. The van der Waals surface area contributed by atoms with Crippen LogP contribution in [0.2, 0.25) is 0 Å². The number of hydrogen-bond donors (Lipinski definition) is 1. The van der Waals surface area contributed by atoms with Crippen LogP contribution in [0.15, 0.2) is 12.2 Å². The van der Waals surface area contributed by atoms with E-state index in [2.05, 4.69) is 12.2 Å². The van der Waals surface area contributed by atoms with Crippen molar-refractivity contribution in [2.45, 2.75) is 38.5 Å². The summed E-state index contributed by atoms with van der Waals surface area (Å²) in [5.74, 6) is 1.88. The molecule has 0 aromatic rings. The highest BCUT2D eigenvalue weighted by Crippen LogP contribution is 2.45. The Morgan fingerprint density at radius 2 is 2.14 bits per heavy atom. The first-order valence-corrected chi connectivity index (χ1v) is 5.66. The maximum absolute atomic E-state index is 10.3. The van der Waals surface area contributed by atoms with Gasteiger partial charge in [0.25, 0.3) is 0 Å². The largest absolute Gasteiger partial charge is 0.481 e. The van der Waals surface area contributed by atoms with Gasteiger partial charge in [-0.3, -0.25) is 4.79 Å². The molecule has 0 aromatic carbocycles. The third-order valence-corrected chi connectivity index (χ3v) is 3.63. The number of carbonyl (C=O) groups is 1. The van der Waals surface area contributed by atoms with Crippen molar-refractivity contribution >= 4 is 5.97 Å². The zero-order valence-electron chi connectivity index (χ0n) is 8.48. The monoisotopic (exact) mass is 194 g/mol. The third kappa shape index (κ3) is 2.17. The van der Waals surface area contributed by atoms with Crippen molar-refractivity contribution in [1.82, 2.24) is 0 Å². The molecule has 3 atom stereocenters. The standard InChI is InChI=1S/C12H18O2/c13-12(14)4-2-1-3-10-7-9-5-6-11(10)8-9/h5-6,9-11H,1-4,7-8H2,(H,13,14)/t9-,10?,11-/m0/s1. The number of unbranched alkanes of at least 4 members (excludes halogenated alkanes) is 1. The number of hydrogen-bond acceptors (Lipinski definition) is 1. The molecular weight excluding hydrogens is 176 g/mol. The molecule has 2 aliphatic rings. The quantitative estimate of drug-likeness (QED) is 0.539. The van der Waals surface area contributed by atoms with Gasteiger partial charge in [-0.1, -0.05) is 18.6 Å². The van der Waals surface area contributed by atoms with E-state index in [1.165, 1.54) is 19.3 Å². The Balaban J connectivity index is 1.63. The topological polar surface area (TPSA) is 37.3 Å². The predicted molar refractivity (Wildman–Crippen MR) is 54.9 cm³/mol. The Morgan fingerprint density at radius 3 is 2.71 bits per heavy atom. The van der Waals surface area contributed by atoms with Crippen LogP contribution in [0.25, 0.3) is 0 Å². The SMILES string of the molecule is O=C(O)CCCCC1C[C@@H]2C=C[C@H]1C2. The van der Waals surface area contributed by atoms with Gasteiger partial charge in [-0.25, -0.2) is 0 Å². The van der Waals surface area contributed by atoms with Gasteiger partial charge >= 0.3 is 5.97 Å². The molecule has 0 radical (unpaired) electrons. The molecule has 0 amide bonds. The molecule has 1 saturated carbocycles. The molecule has 2 nitrogen and oxygen atoms in total. The van der Waals surface area contributed by atoms with Gasteiger partial charge in [-0.05, 0) is 43.4 Å². The van der Waals surface area contributed by atoms with E-state index in [0.29, 0.717) is 6.42 Å². The predicted octanol–water partition coefficient (Wildman–Crippen LogP) is 2.84. The lowest BCUT2D eigenvalue weighted by atomic mass is 9.89. The lowest BCUT2D eigenvalue weighted by molar-refractivity contribution is -0.137.